The Hall–Kier alpha value is -0.0800. The predicted molar refractivity (Wildman–Crippen MR) is 111 cm³/mol. The van der Waals surface area contributed by atoms with Crippen LogP contribution in [0.25, 0.3) is 0 Å². The van der Waals surface area contributed by atoms with Crippen molar-refractivity contribution in [3.05, 3.63) is 0 Å². The number of rotatable bonds is 5. The summed E-state index contributed by atoms with van der Waals surface area (Å²) in [6, 6.07) is 1.92. The Morgan fingerprint density at radius 1 is 0.846 bits per heavy atom. The zero-order valence-electron chi connectivity index (χ0n) is 18.1. The van der Waals surface area contributed by atoms with Crippen LogP contribution in [-0.4, -0.2) is 48.1 Å². The summed E-state index contributed by atoms with van der Waals surface area (Å²) >= 11 is 0. The Balaban J connectivity index is 1.16. The second-order valence-electron chi connectivity index (χ2n) is 11.4. The third kappa shape index (κ3) is 4.32. The van der Waals surface area contributed by atoms with Crippen LogP contribution in [0, 0.1) is 29.1 Å². The van der Waals surface area contributed by atoms with Crippen molar-refractivity contribution in [2.75, 3.05) is 26.2 Å². The molecular formula is C24H44N2. The van der Waals surface area contributed by atoms with Crippen LogP contribution in [0.4, 0.5) is 0 Å². The third-order valence-electron chi connectivity index (χ3n) is 8.75. The van der Waals surface area contributed by atoms with E-state index in [4.69, 9.17) is 0 Å². The van der Waals surface area contributed by atoms with E-state index in [-0.39, 0.29) is 0 Å². The molecule has 2 aliphatic heterocycles. The first-order chi connectivity index (χ1) is 12.4. The van der Waals surface area contributed by atoms with Crippen LogP contribution >= 0.6 is 0 Å². The molecule has 0 spiro atoms. The lowest BCUT2D eigenvalue weighted by Crippen LogP contribution is -2.45. The van der Waals surface area contributed by atoms with E-state index >= 15 is 0 Å². The van der Waals surface area contributed by atoms with Gasteiger partial charge in [-0.2, -0.15) is 0 Å². The number of nitrogens with zero attached hydrogens (tertiary/aromatic N) is 2. The first kappa shape index (κ1) is 19.2. The van der Waals surface area contributed by atoms with Crippen molar-refractivity contribution in [1.82, 2.24) is 9.80 Å². The minimum absolute atomic E-state index is 0.512. The van der Waals surface area contributed by atoms with E-state index in [1.165, 1.54) is 84.0 Å². The summed E-state index contributed by atoms with van der Waals surface area (Å²) in [5.41, 5.74) is 0.512. The molecule has 0 aromatic heterocycles. The van der Waals surface area contributed by atoms with Gasteiger partial charge in [-0.05, 0) is 107 Å². The fraction of sp³-hybridized carbons (Fsp3) is 1.00. The Labute approximate surface area is 163 Å². The van der Waals surface area contributed by atoms with Gasteiger partial charge in [0.05, 0.1) is 0 Å². The maximum Gasteiger partial charge on any atom is 0.0127 e. The van der Waals surface area contributed by atoms with E-state index in [0.717, 1.165) is 35.8 Å². The van der Waals surface area contributed by atoms with Crippen LogP contribution in [0.15, 0.2) is 0 Å². The van der Waals surface area contributed by atoms with Gasteiger partial charge < -0.3 is 9.80 Å². The fourth-order valence-electron chi connectivity index (χ4n) is 6.30. The predicted octanol–water partition coefficient (Wildman–Crippen LogP) is 5.42. The lowest BCUT2D eigenvalue weighted by Gasteiger charge is -2.43. The van der Waals surface area contributed by atoms with Gasteiger partial charge in [0.1, 0.15) is 0 Å². The summed E-state index contributed by atoms with van der Waals surface area (Å²) in [7, 11) is 0. The van der Waals surface area contributed by atoms with E-state index in [1.807, 2.05) is 0 Å². The highest BCUT2D eigenvalue weighted by Crippen LogP contribution is 2.45. The highest BCUT2D eigenvalue weighted by Gasteiger charge is 2.44. The molecule has 2 nitrogen and oxygen atoms in total. The van der Waals surface area contributed by atoms with Crippen molar-refractivity contribution in [3.63, 3.8) is 0 Å². The van der Waals surface area contributed by atoms with Crippen LogP contribution in [0.1, 0.15) is 85.5 Å². The average molecular weight is 361 g/mol. The van der Waals surface area contributed by atoms with Crippen molar-refractivity contribution in [3.8, 4) is 0 Å². The molecule has 26 heavy (non-hydrogen) atoms. The van der Waals surface area contributed by atoms with E-state index in [9.17, 15) is 0 Å². The Morgan fingerprint density at radius 2 is 1.46 bits per heavy atom. The molecule has 0 bridgehead atoms. The van der Waals surface area contributed by atoms with Crippen LogP contribution in [0.2, 0.25) is 0 Å². The third-order valence-corrected chi connectivity index (χ3v) is 8.75. The number of likely N-dealkylation sites (tertiary alicyclic amines) is 2. The summed E-state index contributed by atoms with van der Waals surface area (Å²) in [5, 5.41) is 0. The number of hydrogen-bond acceptors (Lipinski definition) is 2. The van der Waals surface area contributed by atoms with Gasteiger partial charge in [-0.25, -0.2) is 0 Å². The monoisotopic (exact) mass is 360 g/mol. The number of piperidine rings is 2. The quantitative estimate of drug-likeness (QED) is 0.645. The highest BCUT2D eigenvalue weighted by molar-refractivity contribution is 4.98. The zero-order valence-corrected chi connectivity index (χ0v) is 18.1. The van der Waals surface area contributed by atoms with Gasteiger partial charge in [-0.1, -0.05) is 34.1 Å². The van der Waals surface area contributed by atoms with E-state index in [1.54, 1.807) is 0 Å². The second kappa shape index (κ2) is 7.74. The van der Waals surface area contributed by atoms with Crippen molar-refractivity contribution in [2.24, 2.45) is 29.1 Å². The molecular weight excluding hydrogens is 316 g/mol. The summed E-state index contributed by atoms with van der Waals surface area (Å²) in [6.07, 6.45) is 13.3. The van der Waals surface area contributed by atoms with E-state index in [2.05, 4.69) is 37.5 Å². The standard InChI is InChI=1S/C24H44N2/c1-18(19-8-12-25(13-9-19)22-6-5-7-22)16-20-17-23(20)26-14-10-21(11-15-26)24(2,3)4/h18-23H,5-17H2,1-4H3. The second-order valence-corrected chi connectivity index (χ2v) is 11.4. The van der Waals surface area contributed by atoms with Gasteiger partial charge in [-0.15, -0.1) is 0 Å². The van der Waals surface area contributed by atoms with E-state index < -0.39 is 0 Å². The molecule has 0 aromatic carbocycles. The summed E-state index contributed by atoms with van der Waals surface area (Å²) in [6.45, 7) is 15.4. The van der Waals surface area contributed by atoms with Crippen LogP contribution in [0.3, 0.4) is 0 Å². The van der Waals surface area contributed by atoms with Crippen LogP contribution in [0.5, 0.6) is 0 Å². The molecule has 4 rings (SSSR count). The Kier molecular flexibility index (Phi) is 5.73. The minimum Gasteiger partial charge on any atom is -0.300 e. The van der Waals surface area contributed by atoms with E-state index in [0.29, 0.717) is 5.41 Å². The van der Waals surface area contributed by atoms with Gasteiger partial charge in [0.15, 0.2) is 0 Å². The van der Waals surface area contributed by atoms with Crippen LogP contribution < -0.4 is 0 Å². The first-order valence-electron chi connectivity index (χ1n) is 11.9. The average Bonchev–Trinajstić information content (AvgIpc) is 3.32. The molecule has 2 aliphatic carbocycles. The van der Waals surface area contributed by atoms with Gasteiger partial charge >= 0.3 is 0 Å². The molecule has 0 aromatic rings. The van der Waals surface area contributed by atoms with Gasteiger partial charge in [0.2, 0.25) is 0 Å². The van der Waals surface area contributed by atoms with Crippen molar-refractivity contribution < 1.29 is 0 Å². The molecule has 3 atom stereocenters. The molecule has 0 amide bonds. The Bertz CT molecular complexity index is 447. The van der Waals surface area contributed by atoms with Crippen molar-refractivity contribution >= 4 is 0 Å². The smallest absolute Gasteiger partial charge is 0.0127 e. The fourth-order valence-corrected chi connectivity index (χ4v) is 6.30. The normalized spacial score (nSPS) is 34.6. The molecule has 150 valence electrons. The molecule has 0 N–H and O–H groups in total. The molecule has 0 radical (unpaired) electrons. The Morgan fingerprint density at radius 3 is 2.00 bits per heavy atom. The molecule has 2 saturated carbocycles. The van der Waals surface area contributed by atoms with Gasteiger partial charge in [0, 0.05) is 12.1 Å². The van der Waals surface area contributed by atoms with Crippen molar-refractivity contribution in [1.29, 1.82) is 0 Å². The summed E-state index contributed by atoms with van der Waals surface area (Å²) in [5.74, 6) is 3.94. The molecule has 4 fully saturated rings. The highest BCUT2D eigenvalue weighted by atomic mass is 15.2. The molecule has 3 unspecified atom stereocenters. The molecule has 2 heteroatoms. The van der Waals surface area contributed by atoms with Crippen molar-refractivity contribution in [2.45, 2.75) is 97.6 Å². The molecule has 4 aliphatic rings. The largest absolute Gasteiger partial charge is 0.300 e. The van der Waals surface area contributed by atoms with Gasteiger partial charge in [0.25, 0.3) is 0 Å². The van der Waals surface area contributed by atoms with Crippen LogP contribution in [-0.2, 0) is 0 Å². The lowest BCUT2D eigenvalue weighted by molar-refractivity contribution is 0.0679. The first-order valence-corrected chi connectivity index (χ1v) is 11.9. The maximum absolute atomic E-state index is 2.86. The molecule has 2 heterocycles. The summed E-state index contributed by atoms with van der Waals surface area (Å²) < 4.78 is 0. The van der Waals surface area contributed by atoms with Gasteiger partial charge in [-0.3, -0.25) is 0 Å². The topological polar surface area (TPSA) is 6.48 Å². The summed E-state index contributed by atoms with van der Waals surface area (Å²) in [4.78, 5) is 5.67. The minimum atomic E-state index is 0.512. The molecule has 2 saturated heterocycles. The number of hydrogen-bond donors (Lipinski definition) is 0. The SMILES string of the molecule is CC(CC1CC1N1CCC(C(C)(C)C)CC1)C1CCN(C2CCC2)CC1. The zero-order chi connectivity index (χ0) is 18.3. The lowest BCUT2D eigenvalue weighted by atomic mass is 9.75. The maximum atomic E-state index is 2.86.